The molecule has 6 heteroatoms. The monoisotopic (exact) mass is 418 g/mol. The van der Waals surface area contributed by atoms with Crippen LogP contribution in [-0.4, -0.2) is 38.4 Å². The summed E-state index contributed by atoms with van der Waals surface area (Å²) in [6.07, 6.45) is 0.571. The lowest BCUT2D eigenvalue weighted by atomic mass is 9.76. The topological polar surface area (TPSA) is 61.8 Å². The molecule has 1 saturated heterocycles. The molecule has 5 nitrogen and oxygen atoms in total. The van der Waals surface area contributed by atoms with Crippen LogP contribution in [0.15, 0.2) is 30.3 Å². The van der Waals surface area contributed by atoms with Crippen LogP contribution in [-0.2, 0) is 30.1 Å². The van der Waals surface area contributed by atoms with E-state index in [1.54, 1.807) is 0 Å². The third-order valence-corrected chi connectivity index (χ3v) is 11.3. The Bertz CT molecular complexity index is 739. The van der Waals surface area contributed by atoms with Crippen LogP contribution < -0.4 is 0 Å². The van der Waals surface area contributed by atoms with E-state index in [2.05, 4.69) is 33.9 Å². The predicted molar refractivity (Wildman–Crippen MR) is 114 cm³/mol. The van der Waals surface area contributed by atoms with Gasteiger partial charge in [0.2, 0.25) is 0 Å². The average Bonchev–Trinajstić information content (AvgIpc) is 2.97. The molecule has 0 aromatic heterocycles. The standard InChI is InChI=1S/C23H34O5Si/c1-15(24)19-17-12-13-18(26-14-16-10-8-7-9-11-16)21(20(17)27-22(19)25)28-29(5,6)23(2,3)4/h7-11,17-21H,12-14H2,1-6H3/t17-,18+,19-,20+,21+/m1/s1. The normalized spacial score (nSPS) is 30.0. The minimum Gasteiger partial charge on any atom is -0.459 e. The molecule has 29 heavy (non-hydrogen) atoms. The van der Waals surface area contributed by atoms with Gasteiger partial charge >= 0.3 is 5.97 Å². The summed E-state index contributed by atoms with van der Waals surface area (Å²) in [5.74, 6) is -1.30. The summed E-state index contributed by atoms with van der Waals surface area (Å²) in [5, 5.41) is 0.0204. The second-order valence-corrected chi connectivity index (χ2v) is 14.7. The summed E-state index contributed by atoms with van der Waals surface area (Å²) < 4.78 is 18.8. The number of Topliss-reactive ketones (excluding diaryl/α,β-unsaturated/α-hetero) is 1. The third kappa shape index (κ3) is 4.65. The first-order valence-electron chi connectivity index (χ1n) is 10.6. The molecule has 1 aromatic carbocycles. The van der Waals surface area contributed by atoms with Gasteiger partial charge in [-0.05, 0) is 43.5 Å². The van der Waals surface area contributed by atoms with Crippen LogP contribution in [0.4, 0.5) is 0 Å². The first-order chi connectivity index (χ1) is 13.5. The molecule has 0 N–H and O–H groups in total. The van der Waals surface area contributed by atoms with Gasteiger partial charge in [0.25, 0.3) is 0 Å². The number of ether oxygens (including phenoxy) is 2. The van der Waals surface area contributed by atoms with E-state index in [1.165, 1.54) is 6.92 Å². The zero-order valence-electron chi connectivity index (χ0n) is 18.4. The van der Waals surface area contributed by atoms with Crippen LogP contribution in [0.2, 0.25) is 18.1 Å². The van der Waals surface area contributed by atoms with E-state index >= 15 is 0 Å². The number of rotatable bonds is 6. The molecule has 0 bridgehead atoms. The molecule has 160 valence electrons. The summed E-state index contributed by atoms with van der Waals surface area (Å²) in [6, 6.07) is 10.1. The molecule has 5 atom stereocenters. The highest BCUT2D eigenvalue weighted by Gasteiger charge is 2.56. The van der Waals surface area contributed by atoms with Crippen molar-refractivity contribution in [3.8, 4) is 0 Å². The van der Waals surface area contributed by atoms with E-state index in [0.717, 1.165) is 18.4 Å². The Balaban J connectivity index is 1.84. The number of esters is 1. The van der Waals surface area contributed by atoms with Crippen molar-refractivity contribution < 1.29 is 23.5 Å². The maximum Gasteiger partial charge on any atom is 0.317 e. The molecular weight excluding hydrogens is 384 g/mol. The molecule has 3 rings (SSSR count). The zero-order chi connectivity index (χ0) is 21.4. The highest BCUT2D eigenvalue weighted by Crippen LogP contribution is 2.45. The second kappa shape index (κ2) is 8.32. The van der Waals surface area contributed by atoms with Gasteiger partial charge in [-0.3, -0.25) is 9.59 Å². The Morgan fingerprint density at radius 1 is 1.17 bits per heavy atom. The average molecular weight is 419 g/mol. The molecule has 1 heterocycles. The molecule has 1 aliphatic carbocycles. The predicted octanol–water partition coefficient (Wildman–Crippen LogP) is 4.50. The molecule has 1 aromatic rings. The smallest absolute Gasteiger partial charge is 0.317 e. The van der Waals surface area contributed by atoms with Crippen molar-refractivity contribution in [1.29, 1.82) is 0 Å². The summed E-state index contributed by atoms with van der Waals surface area (Å²) >= 11 is 0. The first-order valence-corrected chi connectivity index (χ1v) is 13.5. The lowest BCUT2D eigenvalue weighted by molar-refractivity contribution is -0.157. The Labute approximate surface area is 175 Å². The maximum atomic E-state index is 12.4. The lowest BCUT2D eigenvalue weighted by Crippen LogP contribution is -2.55. The number of hydrogen-bond donors (Lipinski definition) is 0. The fourth-order valence-corrected chi connectivity index (χ4v) is 5.44. The van der Waals surface area contributed by atoms with E-state index < -0.39 is 26.3 Å². The number of carbonyl (C=O) groups is 2. The molecule has 1 aliphatic heterocycles. The van der Waals surface area contributed by atoms with E-state index in [-0.39, 0.29) is 28.9 Å². The van der Waals surface area contributed by atoms with Gasteiger partial charge in [-0.15, -0.1) is 0 Å². The van der Waals surface area contributed by atoms with Crippen molar-refractivity contribution in [3.63, 3.8) is 0 Å². The van der Waals surface area contributed by atoms with E-state index in [9.17, 15) is 9.59 Å². The minimum absolute atomic E-state index is 0.0204. The molecule has 2 aliphatic rings. The minimum atomic E-state index is -2.13. The fourth-order valence-electron chi connectivity index (χ4n) is 4.12. The van der Waals surface area contributed by atoms with Gasteiger partial charge in [-0.1, -0.05) is 51.1 Å². The van der Waals surface area contributed by atoms with Gasteiger partial charge in [0, 0.05) is 5.92 Å². The Morgan fingerprint density at radius 3 is 2.41 bits per heavy atom. The van der Waals surface area contributed by atoms with Gasteiger partial charge in [-0.25, -0.2) is 0 Å². The molecule has 1 saturated carbocycles. The van der Waals surface area contributed by atoms with Crippen LogP contribution in [0.25, 0.3) is 0 Å². The second-order valence-electron chi connectivity index (χ2n) is 9.91. The molecule has 2 fully saturated rings. The zero-order valence-corrected chi connectivity index (χ0v) is 19.4. The summed E-state index contributed by atoms with van der Waals surface area (Å²) in [4.78, 5) is 24.5. The molecule has 0 unspecified atom stereocenters. The number of carbonyl (C=O) groups excluding carboxylic acids is 2. The van der Waals surface area contributed by atoms with Crippen molar-refractivity contribution in [3.05, 3.63) is 35.9 Å². The number of ketones is 1. The van der Waals surface area contributed by atoms with E-state index in [4.69, 9.17) is 13.9 Å². The fraction of sp³-hybridized carbons (Fsp3) is 0.652. The highest BCUT2D eigenvalue weighted by molar-refractivity contribution is 6.74. The van der Waals surface area contributed by atoms with E-state index in [0.29, 0.717) is 6.61 Å². The van der Waals surface area contributed by atoms with Crippen molar-refractivity contribution >= 4 is 20.1 Å². The summed E-state index contributed by atoms with van der Waals surface area (Å²) in [7, 11) is -2.13. The summed E-state index contributed by atoms with van der Waals surface area (Å²) in [6.45, 7) is 12.9. The maximum absolute atomic E-state index is 12.4. The molecule has 0 radical (unpaired) electrons. The van der Waals surface area contributed by atoms with Gasteiger partial charge in [-0.2, -0.15) is 0 Å². The van der Waals surface area contributed by atoms with Crippen LogP contribution in [0, 0.1) is 11.8 Å². The van der Waals surface area contributed by atoms with E-state index in [1.807, 2.05) is 30.3 Å². The molecule has 0 amide bonds. The van der Waals surface area contributed by atoms with Crippen LogP contribution in [0.5, 0.6) is 0 Å². The quantitative estimate of drug-likeness (QED) is 0.387. The Hall–Kier alpha value is -1.50. The number of fused-ring (bicyclic) bond motifs is 1. The van der Waals surface area contributed by atoms with Crippen LogP contribution >= 0.6 is 0 Å². The van der Waals surface area contributed by atoms with Crippen LogP contribution in [0.1, 0.15) is 46.1 Å². The largest absolute Gasteiger partial charge is 0.459 e. The lowest BCUT2D eigenvalue weighted by Gasteiger charge is -2.45. The van der Waals surface area contributed by atoms with Crippen LogP contribution in [0.3, 0.4) is 0 Å². The molecular formula is C23H34O5Si. The number of benzene rings is 1. The Morgan fingerprint density at radius 2 is 1.83 bits per heavy atom. The number of hydrogen-bond acceptors (Lipinski definition) is 5. The van der Waals surface area contributed by atoms with Crippen molar-refractivity contribution in [1.82, 2.24) is 0 Å². The first kappa shape index (κ1) is 22.2. The third-order valence-electron chi connectivity index (χ3n) is 6.81. The van der Waals surface area contributed by atoms with Gasteiger partial charge in [0.05, 0.1) is 12.7 Å². The Kier molecular flexibility index (Phi) is 6.37. The summed E-state index contributed by atoms with van der Waals surface area (Å²) in [5.41, 5.74) is 1.10. The van der Waals surface area contributed by atoms with Crippen molar-refractivity contribution in [2.75, 3.05) is 0 Å². The van der Waals surface area contributed by atoms with Crippen molar-refractivity contribution in [2.24, 2.45) is 11.8 Å². The van der Waals surface area contributed by atoms with Crippen molar-refractivity contribution in [2.45, 2.75) is 83.6 Å². The SMILES string of the molecule is CC(=O)[C@H]1C(=O)O[C@H]2[C@@H]1CC[C@H](OCc1ccccc1)[C@@H]2O[Si](C)(C)C(C)(C)C. The van der Waals surface area contributed by atoms with Gasteiger partial charge in [0.15, 0.2) is 8.32 Å². The van der Waals surface area contributed by atoms with Gasteiger partial charge < -0.3 is 13.9 Å². The highest BCUT2D eigenvalue weighted by atomic mass is 28.4. The molecule has 0 spiro atoms. The van der Waals surface area contributed by atoms with Gasteiger partial charge in [0.1, 0.15) is 23.9 Å².